The smallest absolute Gasteiger partial charge is 0.310 e. The van der Waals surface area contributed by atoms with Crippen molar-refractivity contribution in [2.75, 3.05) is 27.7 Å². The standard InChI is InChI=1S/C4H11N.CH4O4S/c1-4-5(2)3;1-5-6(2,3)4/h4H2,1-3H3;1H3,(H,2,3,4). The first-order valence-corrected chi connectivity index (χ1v) is 4.37. The Balaban J connectivity index is 0. The molecule has 0 aromatic heterocycles. The van der Waals surface area contributed by atoms with Gasteiger partial charge in [-0.05, 0) is 20.6 Å². The molecule has 0 fully saturated rings. The van der Waals surface area contributed by atoms with Gasteiger partial charge in [-0.1, -0.05) is 6.92 Å². The predicted octanol–water partition coefficient (Wildman–Crippen LogP) is 0.00350. The van der Waals surface area contributed by atoms with Gasteiger partial charge in [0, 0.05) is 0 Å². The molecule has 0 bridgehead atoms. The van der Waals surface area contributed by atoms with Crippen LogP contribution in [0.25, 0.3) is 0 Å². The summed E-state index contributed by atoms with van der Waals surface area (Å²) in [5.41, 5.74) is 0. The van der Waals surface area contributed by atoms with Crippen molar-refractivity contribution in [2.24, 2.45) is 0 Å². The fourth-order valence-electron chi connectivity index (χ4n) is 0. The molecule has 0 saturated carbocycles. The highest BCUT2D eigenvalue weighted by Gasteiger charge is 1.93. The zero-order valence-corrected chi connectivity index (χ0v) is 8.05. The third-order valence-electron chi connectivity index (χ3n) is 0.843. The lowest BCUT2D eigenvalue weighted by molar-refractivity contribution is 0.324. The van der Waals surface area contributed by atoms with E-state index in [-0.39, 0.29) is 0 Å². The normalized spacial score (nSPS) is 10.7. The molecule has 0 aromatic carbocycles. The van der Waals surface area contributed by atoms with Crippen LogP contribution in [0.4, 0.5) is 0 Å². The molecule has 0 spiro atoms. The highest BCUT2D eigenvalue weighted by Crippen LogP contribution is 1.74. The Labute approximate surface area is 67.9 Å². The minimum atomic E-state index is -4.16. The van der Waals surface area contributed by atoms with E-state index in [9.17, 15) is 8.42 Å². The van der Waals surface area contributed by atoms with Crippen molar-refractivity contribution in [3.63, 3.8) is 0 Å². The Hall–Kier alpha value is -0.170. The van der Waals surface area contributed by atoms with Crippen LogP contribution in [0.2, 0.25) is 0 Å². The van der Waals surface area contributed by atoms with E-state index in [2.05, 4.69) is 30.1 Å². The van der Waals surface area contributed by atoms with Crippen molar-refractivity contribution in [3.8, 4) is 0 Å². The predicted molar refractivity (Wildman–Crippen MR) is 42.8 cm³/mol. The summed E-state index contributed by atoms with van der Waals surface area (Å²) in [7, 11) is 0.819. The van der Waals surface area contributed by atoms with E-state index in [1.165, 1.54) is 0 Å². The van der Waals surface area contributed by atoms with Crippen LogP contribution in [-0.2, 0) is 14.6 Å². The molecule has 0 heterocycles. The van der Waals surface area contributed by atoms with Crippen LogP contribution >= 0.6 is 0 Å². The molecule has 11 heavy (non-hydrogen) atoms. The van der Waals surface area contributed by atoms with E-state index in [0.717, 1.165) is 13.7 Å². The van der Waals surface area contributed by atoms with Crippen LogP contribution < -0.4 is 0 Å². The average Bonchev–Trinajstić information content (AvgIpc) is 1.88. The second-order valence-electron chi connectivity index (χ2n) is 1.99. The van der Waals surface area contributed by atoms with Crippen molar-refractivity contribution in [1.29, 1.82) is 0 Å². The van der Waals surface area contributed by atoms with Crippen LogP contribution in [0, 0.1) is 0 Å². The van der Waals surface area contributed by atoms with E-state index < -0.39 is 10.4 Å². The van der Waals surface area contributed by atoms with Gasteiger partial charge in [0.2, 0.25) is 0 Å². The first-order valence-electron chi connectivity index (χ1n) is 3.01. The SMILES string of the molecule is CCN(C)C.COS(=O)(=O)O. The lowest BCUT2D eigenvalue weighted by Crippen LogP contribution is -2.08. The number of rotatable bonds is 2. The van der Waals surface area contributed by atoms with Gasteiger partial charge in [0.1, 0.15) is 0 Å². The van der Waals surface area contributed by atoms with Gasteiger partial charge >= 0.3 is 10.4 Å². The molecule has 0 aliphatic carbocycles. The van der Waals surface area contributed by atoms with Gasteiger partial charge in [-0.25, -0.2) is 0 Å². The van der Waals surface area contributed by atoms with Crippen LogP contribution in [0.1, 0.15) is 6.92 Å². The molecule has 0 unspecified atom stereocenters. The second-order valence-corrected chi connectivity index (χ2v) is 3.18. The Kier molecular flexibility index (Phi) is 7.97. The maximum Gasteiger partial charge on any atom is 0.397 e. The largest absolute Gasteiger partial charge is 0.397 e. The summed E-state index contributed by atoms with van der Waals surface area (Å²) in [5, 5.41) is 0. The first kappa shape index (κ1) is 13.4. The summed E-state index contributed by atoms with van der Waals surface area (Å²) < 4.78 is 29.7. The molecule has 1 N–H and O–H groups in total. The number of hydrogen-bond acceptors (Lipinski definition) is 4. The van der Waals surface area contributed by atoms with Crippen LogP contribution in [0.15, 0.2) is 0 Å². The molecule has 0 atom stereocenters. The van der Waals surface area contributed by atoms with Crippen LogP contribution in [0.5, 0.6) is 0 Å². The lowest BCUT2D eigenvalue weighted by atomic mass is 10.7. The van der Waals surface area contributed by atoms with Gasteiger partial charge in [0.15, 0.2) is 0 Å². The van der Waals surface area contributed by atoms with Crippen molar-refractivity contribution in [2.45, 2.75) is 6.92 Å². The number of hydrogen-bond donors (Lipinski definition) is 1. The third kappa shape index (κ3) is 25.8. The van der Waals surface area contributed by atoms with E-state index in [0.29, 0.717) is 0 Å². The van der Waals surface area contributed by atoms with Crippen molar-refractivity contribution in [3.05, 3.63) is 0 Å². The number of nitrogens with zero attached hydrogens (tertiary/aromatic N) is 1. The zero-order valence-electron chi connectivity index (χ0n) is 7.23. The van der Waals surface area contributed by atoms with Gasteiger partial charge in [0.05, 0.1) is 7.11 Å². The molecule has 0 rings (SSSR count). The van der Waals surface area contributed by atoms with E-state index >= 15 is 0 Å². The Morgan fingerprint density at radius 1 is 1.45 bits per heavy atom. The summed E-state index contributed by atoms with van der Waals surface area (Å²) in [4.78, 5) is 2.12. The van der Waals surface area contributed by atoms with Gasteiger partial charge in [0.25, 0.3) is 0 Å². The highest BCUT2D eigenvalue weighted by atomic mass is 32.3. The average molecular weight is 185 g/mol. The van der Waals surface area contributed by atoms with Crippen molar-refractivity contribution >= 4 is 10.4 Å². The summed E-state index contributed by atoms with van der Waals surface area (Å²) in [6.45, 7) is 3.26. The summed E-state index contributed by atoms with van der Waals surface area (Å²) in [5.74, 6) is 0. The maximum absolute atomic E-state index is 9.33. The molecule has 0 aromatic rings. The monoisotopic (exact) mass is 185 g/mol. The molecule has 0 aliphatic heterocycles. The highest BCUT2D eigenvalue weighted by molar-refractivity contribution is 7.80. The molecule has 0 aliphatic rings. The maximum atomic E-state index is 9.33. The minimum absolute atomic E-state index is 0.870. The molecule has 0 radical (unpaired) electrons. The van der Waals surface area contributed by atoms with Crippen molar-refractivity contribution < 1.29 is 17.2 Å². The molecular formula is C5H15NO4S. The van der Waals surface area contributed by atoms with Gasteiger partial charge < -0.3 is 4.90 Å². The summed E-state index contributed by atoms with van der Waals surface area (Å²) in [6.07, 6.45) is 0. The zero-order chi connectivity index (χ0) is 9.49. The van der Waals surface area contributed by atoms with Gasteiger partial charge in [-0.2, -0.15) is 8.42 Å². The molecule has 0 saturated heterocycles. The molecule has 0 amide bonds. The van der Waals surface area contributed by atoms with Gasteiger partial charge in [-0.15, -0.1) is 0 Å². The summed E-state index contributed by atoms with van der Waals surface area (Å²) in [6, 6.07) is 0. The third-order valence-corrected chi connectivity index (χ3v) is 1.26. The van der Waals surface area contributed by atoms with Crippen molar-refractivity contribution in [1.82, 2.24) is 4.90 Å². The fraction of sp³-hybridized carbons (Fsp3) is 1.00. The molecule has 6 heteroatoms. The van der Waals surface area contributed by atoms with Gasteiger partial charge in [-0.3, -0.25) is 8.74 Å². The van der Waals surface area contributed by atoms with E-state index in [1.807, 2.05) is 0 Å². The van der Waals surface area contributed by atoms with Crippen LogP contribution in [0.3, 0.4) is 0 Å². The van der Waals surface area contributed by atoms with Crippen LogP contribution in [-0.4, -0.2) is 45.6 Å². The Morgan fingerprint density at radius 3 is 1.64 bits per heavy atom. The second kappa shape index (κ2) is 6.53. The molecule has 70 valence electrons. The minimum Gasteiger partial charge on any atom is -0.310 e. The Morgan fingerprint density at radius 2 is 1.64 bits per heavy atom. The fourth-order valence-corrected chi connectivity index (χ4v) is 0. The van der Waals surface area contributed by atoms with E-state index in [1.54, 1.807) is 0 Å². The molecular weight excluding hydrogens is 170 g/mol. The summed E-state index contributed by atoms with van der Waals surface area (Å²) >= 11 is 0. The van der Waals surface area contributed by atoms with E-state index in [4.69, 9.17) is 4.55 Å². The lowest BCUT2D eigenvalue weighted by Gasteiger charge is -2.00. The quantitative estimate of drug-likeness (QED) is 0.613. The molecule has 5 nitrogen and oxygen atoms in total. The first-order chi connectivity index (χ1) is 4.83. The Bertz CT molecular complexity index is 163. The topological polar surface area (TPSA) is 66.8 Å².